The number of para-hydroxylation sites is 1. The van der Waals surface area contributed by atoms with E-state index in [0.29, 0.717) is 5.56 Å². The van der Waals surface area contributed by atoms with Crippen LogP contribution in [0.1, 0.15) is 11.1 Å². The number of hydrogen-bond donors (Lipinski definition) is 0. The van der Waals surface area contributed by atoms with Gasteiger partial charge in [-0.25, -0.2) is 0 Å². The van der Waals surface area contributed by atoms with Crippen molar-refractivity contribution >= 4 is 11.8 Å². The van der Waals surface area contributed by atoms with Crippen molar-refractivity contribution in [3.63, 3.8) is 0 Å². The summed E-state index contributed by atoms with van der Waals surface area (Å²) in [6.45, 7) is 1.71. The fourth-order valence-electron chi connectivity index (χ4n) is 2.21. The normalized spacial score (nSPS) is 11.2. The highest BCUT2D eigenvalue weighted by Crippen LogP contribution is 2.18. The van der Waals surface area contributed by atoms with Gasteiger partial charge in [0.2, 0.25) is 0 Å². The van der Waals surface area contributed by atoms with E-state index >= 15 is 0 Å². The zero-order valence-electron chi connectivity index (χ0n) is 12.7. The van der Waals surface area contributed by atoms with Crippen LogP contribution in [0.5, 0.6) is 0 Å². The summed E-state index contributed by atoms with van der Waals surface area (Å²) in [7, 11) is 2.05. The Balaban J connectivity index is 1.86. The van der Waals surface area contributed by atoms with Crippen molar-refractivity contribution in [2.24, 2.45) is 0 Å². The first-order valence-corrected chi connectivity index (χ1v) is 7.29. The molecular weight excluding hydrogens is 276 g/mol. The van der Waals surface area contributed by atoms with Crippen LogP contribution in [0, 0.1) is 10.1 Å². The van der Waals surface area contributed by atoms with Gasteiger partial charge in [0.25, 0.3) is 5.69 Å². The van der Waals surface area contributed by atoms with Crippen LogP contribution in [0.2, 0.25) is 0 Å². The van der Waals surface area contributed by atoms with Crippen LogP contribution < -0.4 is 0 Å². The molecule has 0 saturated heterocycles. The molecule has 0 aliphatic heterocycles. The van der Waals surface area contributed by atoms with E-state index in [0.717, 1.165) is 19.5 Å². The van der Waals surface area contributed by atoms with Crippen LogP contribution in [0.3, 0.4) is 0 Å². The van der Waals surface area contributed by atoms with Crippen molar-refractivity contribution in [3.8, 4) is 0 Å². The number of nitro groups is 1. The van der Waals surface area contributed by atoms with Gasteiger partial charge in [-0.3, -0.25) is 10.1 Å². The quantitative estimate of drug-likeness (QED) is 0.577. The molecule has 22 heavy (non-hydrogen) atoms. The summed E-state index contributed by atoms with van der Waals surface area (Å²) in [4.78, 5) is 12.8. The molecule has 4 nitrogen and oxygen atoms in total. The molecule has 0 unspecified atom stereocenters. The summed E-state index contributed by atoms with van der Waals surface area (Å²) >= 11 is 0. The second-order valence-electron chi connectivity index (χ2n) is 5.22. The van der Waals surface area contributed by atoms with Gasteiger partial charge >= 0.3 is 0 Å². The highest BCUT2D eigenvalue weighted by molar-refractivity contribution is 5.60. The third kappa shape index (κ3) is 4.82. The molecule has 0 spiro atoms. The van der Waals surface area contributed by atoms with Gasteiger partial charge in [0.15, 0.2) is 0 Å². The van der Waals surface area contributed by atoms with E-state index in [2.05, 4.69) is 17.0 Å². The summed E-state index contributed by atoms with van der Waals surface area (Å²) in [6, 6.07) is 17.1. The fourth-order valence-corrected chi connectivity index (χ4v) is 2.21. The predicted molar refractivity (Wildman–Crippen MR) is 89.8 cm³/mol. The van der Waals surface area contributed by atoms with Crippen molar-refractivity contribution in [1.29, 1.82) is 0 Å². The number of rotatable bonds is 7. The number of likely N-dealkylation sites (N-methyl/N-ethyl adjacent to an activating group) is 1. The van der Waals surface area contributed by atoms with E-state index in [1.165, 1.54) is 11.6 Å². The third-order valence-electron chi connectivity index (χ3n) is 3.47. The molecule has 2 rings (SSSR count). The summed E-state index contributed by atoms with van der Waals surface area (Å²) < 4.78 is 0. The van der Waals surface area contributed by atoms with E-state index in [1.807, 2.05) is 43.5 Å². The molecule has 0 amide bonds. The average molecular weight is 296 g/mol. The summed E-state index contributed by atoms with van der Waals surface area (Å²) in [5, 5.41) is 10.9. The van der Waals surface area contributed by atoms with Gasteiger partial charge in [0.05, 0.1) is 10.5 Å². The molecule has 0 saturated carbocycles. The summed E-state index contributed by atoms with van der Waals surface area (Å²) in [6.07, 6.45) is 4.78. The van der Waals surface area contributed by atoms with Crippen LogP contribution in [0.4, 0.5) is 5.69 Å². The number of hydrogen-bond acceptors (Lipinski definition) is 3. The molecule has 0 aliphatic rings. The van der Waals surface area contributed by atoms with Gasteiger partial charge in [-0.05, 0) is 25.1 Å². The molecule has 2 aromatic carbocycles. The molecular formula is C18H20N2O2. The molecule has 0 heterocycles. The standard InChI is InChI=1S/C18H20N2O2/c1-19(15-13-16-8-3-2-4-9-16)14-7-11-17-10-5-6-12-18(17)20(21)22/h2-12H,13-15H2,1H3/b11-7+. The molecule has 4 heteroatoms. The second-order valence-corrected chi connectivity index (χ2v) is 5.22. The first-order valence-electron chi connectivity index (χ1n) is 7.29. The van der Waals surface area contributed by atoms with Gasteiger partial charge in [0.1, 0.15) is 0 Å². The fraction of sp³-hybridized carbons (Fsp3) is 0.222. The first kappa shape index (κ1) is 15.9. The van der Waals surface area contributed by atoms with Gasteiger partial charge in [-0.2, -0.15) is 0 Å². The third-order valence-corrected chi connectivity index (χ3v) is 3.47. The lowest BCUT2D eigenvalue weighted by atomic mass is 10.1. The SMILES string of the molecule is CN(C/C=C/c1ccccc1[N+](=O)[O-])CCc1ccccc1. The van der Waals surface area contributed by atoms with Crippen molar-refractivity contribution < 1.29 is 4.92 Å². The molecule has 0 N–H and O–H groups in total. The van der Waals surface area contributed by atoms with Crippen molar-refractivity contribution in [3.05, 3.63) is 81.9 Å². The zero-order chi connectivity index (χ0) is 15.8. The Bertz CT molecular complexity index is 639. The molecule has 2 aromatic rings. The van der Waals surface area contributed by atoms with E-state index in [4.69, 9.17) is 0 Å². The summed E-state index contributed by atoms with van der Waals surface area (Å²) in [5.41, 5.74) is 2.10. The van der Waals surface area contributed by atoms with Gasteiger partial charge in [0, 0.05) is 19.2 Å². The van der Waals surface area contributed by atoms with Crippen LogP contribution in [-0.2, 0) is 6.42 Å². The lowest BCUT2D eigenvalue weighted by Crippen LogP contribution is -2.21. The minimum atomic E-state index is -0.348. The lowest BCUT2D eigenvalue weighted by molar-refractivity contribution is -0.385. The molecule has 0 atom stereocenters. The topological polar surface area (TPSA) is 46.4 Å². The number of nitrogens with zero attached hydrogens (tertiary/aromatic N) is 2. The molecule has 0 radical (unpaired) electrons. The van der Waals surface area contributed by atoms with Crippen LogP contribution in [0.25, 0.3) is 6.08 Å². The Hall–Kier alpha value is -2.46. The molecule has 0 fully saturated rings. The Labute approximate surface area is 130 Å². The minimum absolute atomic E-state index is 0.144. The molecule has 0 aliphatic carbocycles. The van der Waals surface area contributed by atoms with Crippen LogP contribution in [-0.4, -0.2) is 30.0 Å². The van der Waals surface area contributed by atoms with Crippen molar-refractivity contribution in [2.75, 3.05) is 20.1 Å². The Morgan fingerprint density at radius 1 is 1.09 bits per heavy atom. The largest absolute Gasteiger partial charge is 0.302 e. The Morgan fingerprint density at radius 2 is 1.77 bits per heavy atom. The minimum Gasteiger partial charge on any atom is -0.302 e. The molecule has 0 aromatic heterocycles. The Morgan fingerprint density at radius 3 is 2.50 bits per heavy atom. The highest BCUT2D eigenvalue weighted by atomic mass is 16.6. The number of benzene rings is 2. The molecule has 114 valence electrons. The van der Waals surface area contributed by atoms with Gasteiger partial charge < -0.3 is 4.90 Å². The van der Waals surface area contributed by atoms with E-state index in [1.54, 1.807) is 12.1 Å². The highest BCUT2D eigenvalue weighted by Gasteiger charge is 2.08. The maximum atomic E-state index is 10.9. The first-order chi connectivity index (χ1) is 10.7. The van der Waals surface area contributed by atoms with E-state index in [9.17, 15) is 10.1 Å². The van der Waals surface area contributed by atoms with Crippen molar-refractivity contribution in [1.82, 2.24) is 4.90 Å². The van der Waals surface area contributed by atoms with Crippen molar-refractivity contribution in [2.45, 2.75) is 6.42 Å². The molecule has 0 bridgehead atoms. The monoisotopic (exact) mass is 296 g/mol. The van der Waals surface area contributed by atoms with Crippen LogP contribution in [0.15, 0.2) is 60.7 Å². The van der Waals surface area contributed by atoms with Gasteiger partial charge in [-0.15, -0.1) is 0 Å². The van der Waals surface area contributed by atoms with Crippen LogP contribution >= 0.6 is 0 Å². The average Bonchev–Trinajstić information content (AvgIpc) is 2.54. The second kappa shape index (κ2) is 8.10. The Kier molecular flexibility index (Phi) is 5.86. The van der Waals surface area contributed by atoms with E-state index in [-0.39, 0.29) is 10.6 Å². The van der Waals surface area contributed by atoms with Gasteiger partial charge in [-0.1, -0.05) is 54.6 Å². The predicted octanol–water partition coefficient (Wildman–Crippen LogP) is 3.78. The zero-order valence-corrected chi connectivity index (χ0v) is 12.7. The lowest BCUT2D eigenvalue weighted by Gasteiger charge is -2.14. The summed E-state index contributed by atoms with van der Waals surface area (Å²) in [5.74, 6) is 0. The maximum absolute atomic E-state index is 10.9. The van der Waals surface area contributed by atoms with E-state index < -0.39 is 0 Å². The maximum Gasteiger partial charge on any atom is 0.276 e. The number of nitro benzene ring substituents is 1. The smallest absolute Gasteiger partial charge is 0.276 e.